The van der Waals surface area contributed by atoms with Gasteiger partial charge in [0.25, 0.3) is 5.91 Å². The van der Waals surface area contributed by atoms with E-state index in [-0.39, 0.29) is 17.7 Å². The Morgan fingerprint density at radius 1 is 1.32 bits per heavy atom. The first-order chi connectivity index (χ1) is 13.3. The van der Waals surface area contributed by atoms with E-state index in [1.54, 1.807) is 16.7 Å². The topological polar surface area (TPSA) is 95.5 Å². The molecule has 0 aliphatic carbocycles. The molecule has 2 saturated heterocycles. The summed E-state index contributed by atoms with van der Waals surface area (Å²) >= 11 is 1.10. The first-order valence-corrected chi connectivity index (χ1v) is 10.8. The molecule has 2 aliphatic heterocycles. The zero-order valence-electron chi connectivity index (χ0n) is 17.0. The van der Waals surface area contributed by atoms with Crippen molar-refractivity contribution in [2.24, 2.45) is 5.92 Å². The number of amides is 3. The van der Waals surface area contributed by atoms with Crippen LogP contribution in [0.3, 0.4) is 0 Å². The van der Waals surface area contributed by atoms with Crippen LogP contribution in [0.5, 0.6) is 0 Å². The normalized spacial score (nSPS) is 22.1. The van der Waals surface area contributed by atoms with Gasteiger partial charge in [-0.15, -0.1) is 5.10 Å². The van der Waals surface area contributed by atoms with Gasteiger partial charge in [0, 0.05) is 19.6 Å². The Morgan fingerprint density at radius 3 is 2.54 bits per heavy atom. The van der Waals surface area contributed by atoms with E-state index in [2.05, 4.69) is 14.9 Å². The lowest BCUT2D eigenvalue weighted by Gasteiger charge is -2.51. The van der Waals surface area contributed by atoms with Crippen molar-refractivity contribution in [1.29, 1.82) is 0 Å². The van der Waals surface area contributed by atoms with Crippen LogP contribution in [0.15, 0.2) is 0 Å². The Kier molecular flexibility index (Phi) is 6.02. The molecule has 2 fully saturated rings. The lowest BCUT2D eigenvalue weighted by Crippen LogP contribution is -2.73. The van der Waals surface area contributed by atoms with Crippen molar-refractivity contribution in [3.8, 4) is 0 Å². The van der Waals surface area contributed by atoms with Crippen molar-refractivity contribution < 1.29 is 14.4 Å². The fraction of sp³-hybridized carbons (Fsp3) is 0.737. The predicted molar refractivity (Wildman–Crippen MR) is 106 cm³/mol. The first-order valence-electron chi connectivity index (χ1n) is 10.0. The number of piperidine rings is 1. The van der Waals surface area contributed by atoms with Crippen LogP contribution in [0.2, 0.25) is 0 Å². The van der Waals surface area contributed by atoms with Crippen molar-refractivity contribution in [2.75, 3.05) is 19.6 Å². The van der Waals surface area contributed by atoms with Crippen LogP contribution in [0.4, 0.5) is 0 Å². The molecule has 3 heterocycles. The summed E-state index contributed by atoms with van der Waals surface area (Å²) in [5, 5.41) is 6.89. The van der Waals surface area contributed by atoms with Crippen LogP contribution in [0.1, 0.15) is 61.8 Å². The number of carbonyl (C=O) groups is 3. The van der Waals surface area contributed by atoms with Gasteiger partial charge in [-0.3, -0.25) is 14.4 Å². The minimum absolute atomic E-state index is 0.0115. The molecule has 8 nitrogen and oxygen atoms in total. The van der Waals surface area contributed by atoms with E-state index in [9.17, 15) is 14.4 Å². The third kappa shape index (κ3) is 3.64. The van der Waals surface area contributed by atoms with Crippen LogP contribution in [0.25, 0.3) is 0 Å². The molecule has 2 aliphatic rings. The van der Waals surface area contributed by atoms with E-state index >= 15 is 0 Å². The molecular formula is C19H29N5O3S. The van der Waals surface area contributed by atoms with Crippen LogP contribution >= 0.6 is 11.5 Å². The molecule has 1 spiro atoms. The van der Waals surface area contributed by atoms with Crippen LogP contribution < -0.4 is 5.32 Å². The smallest absolute Gasteiger partial charge is 0.267 e. The Morgan fingerprint density at radius 2 is 2.00 bits per heavy atom. The van der Waals surface area contributed by atoms with Crippen molar-refractivity contribution in [2.45, 2.75) is 65.0 Å². The maximum Gasteiger partial charge on any atom is 0.267 e. The summed E-state index contributed by atoms with van der Waals surface area (Å²) < 4.78 is 3.84. The summed E-state index contributed by atoms with van der Waals surface area (Å²) in [6, 6.07) is -0.449. The molecule has 154 valence electrons. The lowest BCUT2D eigenvalue weighted by atomic mass is 9.80. The fourth-order valence-electron chi connectivity index (χ4n) is 4.20. The maximum absolute atomic E-state index is 13.1. The van der Waals surface area contributed by atoms with Gasteiger partial charge in [0.05, 0.1) is 5.69 Å². The van der Waals surface area contributed by atoms with E-state index in [0.717, 1.165) is 18.0 Å². The van der Waals surface area contributed by atoms with Gasteiger partial charge in [0.2, 0.25) is 11.8 Å². The first kappa shape index (κ1) is 20.7. The quantitative estimate of drug-likeness (QED) is 0.800. The van der Waals surface area contributed by atoms with Crippen molar-refractivity contribution in [1.82, 2.24) is 24.7 Å². The highest BCUT2D eigenvalue weighted by Crippen LogP contribution is 2.34. The Hall–Kier alpha value is -2.03. The predicted octanol–water partition coefficient (Wildman–Crippen LogP) is 1.60. The number of carbonyl (C=O) groups excluding carboxylic acids is 3. The average Bonchev–Trinajstić information content (AvgIpc) is 3.09. The zero-order chi connectivity index (χ0) is 20.5. The number of likely N-dealkylation sites (tertiary alicyclic amines) is 1. The summed E-state index contributed by atoms with van der Waals surface area (Å²) in [6.07, 6.45) is 2.35. The highest BCUT2D eigenvalue weighted by atomic mass is 32.1. The van der Waals surface area contributed by atoms with Gasteiger partial charge in [0.1, 0.15) is 16.5 Å². The molecule has 28 heavy (non-hydrogen) atoms. The summed E-state index contributed by atoms with van der Waals surface area (Å²) in [5.41, 5.74) is -0.219. The van der Waals surface area contributed by atoms with E-state index in [1.807, 2.05) is 20.8 Å². The average molecular weight is 408 g/mol. The second kappa shape index (κ2) is 8.14. The van der Waals surface area contributed by atoms with Crippen molar-refractivity contribution >= 4 is 29.3 Å². The van der Waals surface area contributed by atoms with Gasteiger partial charge in [0.15, 0.2) is 0 Å². The van der Waals surface area contributed by atoms with Crippen molar-refractivity contribution in [3.05, 3.63) is 10.6 Å². The number of hydrogen-bond donors (Lipinski definition) is 1. The van der Waals surface area contributed by atoms with Crippen LogP contribution in [0, 0.1) is 12.8 Å². The Balaban J connectivity index is 1.77. The second-order valence-corrected chi connectivity index (χ2v) is 8.91. The molecule has 3 rings (SSSR count). The monoisotopic (exact) mass is 407 g/mol. The van der Waals surface area contributed by atoms with Gasteiger partial charge in [-0.25, -0.2) is 0 Å². The van der Waals surface area contributed by atoms with Crippen LogP contribution in [-0.2, 0) is 9.59 Å². The molecule has 1 aromatic heterocycles. The van der Waals surface area contributed by atoms with Gasteiger partial charge < -0.3 is 15.1 Å². The molecule has 0 bridgehead atoms. The van der Waals surface area contributed by atoms with E-state index in [4.69, 9.17) is 0 Å². The molecule has 1 aromatic rings. The Bertz CT molecular complexity index is 755. The number of aromatic nitrogens is 2. The third-order valence-electron chi connectivity index (χ3n) is 5.69. The van der Waals surface area contributed by atoms with Crippen molar-refractivity contribution in [3.63, 3.8) is 0 Å². The lowest BCUT2D eigenvalue weighted by molar-refractivity contribution is -0.161. The minimum atomic E-state index is -0.849. The van der Waals surface area contributed by atoms with E-state index in [1.165, 1.54) is 0 Å². The number of nitrogens with one attached hydrogen (secondary N) is 1. The minimum Gasteiger partial charge on any atom is -0.342 e. The highest BCUT2D eigenvalue weighted by molar-refractivity contribution is 7.07. The molecule has 9 heteroatoms. The standard InChI is InChI=1S/C19H29N5O3S/c1-5-8-24-16(25)14(11-12(2)3)20-18(27)19(24)6-9-23(10-7-19)17(26)15-13(4)21-22-28-15/h12,14H,5-11H2,1-4H3,(H,20,27). The number of aryl methyl sites for hydroxylation is 1. The van der Waals surface area contributed by atoms with Gasteiger partial charge in [-0.1, -0.05) is 25.3 Å². The summed E-state index contributed by atoms with van der Waals surface area (Å²) in [5.74, 6) is 0.165. The molecule has 0 radical (unpaired) electrons. The van der Waals surface area contributed by atoms with Crippen LogP contribution in [-0.4, -0.2) is 68.3 Å². The number of hydrogen-bond acceptors (Lipinski definition) is 6. The maximum atomic E-state index is 13.1. The number of piperazine rings is 1. The van der Waals surface area contributed by atoms with E-state index in [0.29, 0.717) is 55.4 Å². The number of rotatable bonds is 5. The van der Waals surface area contributed by atoms with Gasteiger partial charge >= 0.3 is 0 Å². The van der Waals surface area contributed by atoms with Gasteiger partial charge in [-0.2, -0.15) is 0 Å². The fourth-order valence-corrected chi connectivity index (χ4v) is 4.83. The summed E-state index contributed by atoms with van der Waals surface area (Å²) in [4.78, 5) is 43.1. The zero-order valence-corrected chi connectivity index (χ0v) is 17.8. The molecule has 1 atom stereocenters. The molecule has 1 unspecified atom stereocenters. The molecule has 0 saturated carbocycles. The highest BCUT2D eigenvalue weighted by Gasteiger charge is 2.53. The second-order valence-electron chi connectivity index (χ2n) is 8.16. The largest absolute Gasteiger partial charge is 0.342 e. The van der Waals surface area contributed by atoms with E-state index < -0.39 is 11.6 Å². The molecule has 0 aromatic carbocycles. The number of nitrogens with zero attached hydrogens (tertiary/aromatic N) is 4. The molecular weight excluding hydrogens is 378 g/mol. The summed E-state index contributed by atoms with van der Waals surface area (Å²) in [7, 11) is 0. The molecule has 3 amide bonds. The molecule has 1 N–H and O–H groups in total. The Labute approximate surface area is 169 Å². The third-order valence-corrected chi connectivity index (χ3v) is 6.50. The summed E-state index contributed by atoms with van der Waals surface area (Å²) in [6.45, 7) is 9.32. The SMILES string of the molecule is CCCN1C(=O)C(CC(C)C)NC(=O)C12CCN(C(=O)c1snnc1C)CC2. The van der Waals surface area contributed by atoms with Gasteiger partial charge in [-0.05, 0) is 50.1 Å².